The van der Waals surface area contributed by atoms with Crippen molar-refractivity contribution in [1.29, 1.82) is 0 Å². The summed E-state index contributed by atoms with van der Waals surface area (Å²) in [6.07, 6.45) is 2.13. The number of aromatic nitrogens is 2. The van der Waals surface area contributed by atoms with E-state index in [1.54, 1.807) is 6.07 Å². The Kier molecular flexibility index (Phi) is 8.25. The number of morpholine rings is 1. The van der Waals surface area contributed by atoms with Crippen LogP contribution in [-0.2, 0) is 16.0 Å². The Bertz CT molecular complexity index is 1100. The molecule has 6 nitrogen and oxygen atoms in total. The van der Waals surface area contributed by atoms with Gasteiger partial charge in [0, 0.05) is 42.6 Å². The van der Waals surface area contributed by atoms with E-state index < -0.39 is 0 Å². The Morgan fingerprint density at radius 1 is 1.18 bits per heavy atom. The van der Waals surface area contributed by atoms with Crippen LogP contribution in [0.4, 0.5) is 0 Å². The molecule has 176 valence electrons. The number of nitrogens with one attached hydrogen (secondary N) is 1. The lowest BCUT2D eigenvalue weighted by atomic mass is 10.1. The van der Waals surface area contributed by atoms with Crippen molar-refractivity contribution in [3.8, 4) is 0 Å². The van der Waals surface area contributed by atoms with Crippen molar-refractivity contribution in [2.75, 3.05) is 39.4 Å². The van der Waals surface area contributed by atoms with Crippen LogP contribution in [0.1, 0.15) is 37.2 Å². The summed E-state index contributed by atoms with van der Waals surface area (Å²) in [6.45, 7) is 6.87. The second-order valence-corrected chi connectivity index (χ2v) is 9.19. The number of rotatable bonds is 9. The molecule has 1 unspecified atom stereocenters. The van der Waals surface area contributed by atoms with Gasteiger partial charge in [0.05, 0.1) is 24.2 Å². The number of ether oxygens (including phenoxy) is 1. The number of hydrogen-bond acceptors (Lipinski definition) is 4. The molecule has 0 bridgehead atoms. The summed E-state index contributed by atoms with van der Waals surface area (Å²) in [5.74, 6) is 0.846. The van der Waals surface area contributed by atoms with Gasteiger partial charge in [-0.3, -0.25) is 9.69 Å². The number of fused-ring (bicyclic) bond motifs is 1. The van der Waals surface area contributed by atoms with Crippen LogP contribution in [0, 0.1) is 0 Å². The SMILES string of the molecule is CCCC(C(=O)NCCN1CCOCC1)n1c(Cc2ccc(Cl)cc2Cl)nc2ccccc21. The van der Waals surface area contributed by atoms with E-state index in [0.717, 1.165) is 68.1 Å². The highest BCUT2D eigenvalue weighted by atomic mass is 35.5. The largest absolute Gasteiger partial charge is 0.379 e. The molecule has 3 aromatic rings. The molecule has 1 amide bonds. The first-order valence-electron chi connectivity index (χ1n) is 11.5. The van der Waals surface area contributed by atoms with Crippen LogP contribution < -0.4 is 5.32 Å². The lowest BCUT2D eigenvalue weighted by Crippen LogP contribution is -2.42. The second kappa shape index (κ2) is 11.3. The summed E-state index contributed by atoms with van der Waals surface area (Å²) in [4.78, 5) is 20.6. The van der Waals surface area contributed by atoms with Crippen molar-refractivity contribution in [2.45, 2.75) is 32.2 Å². The molecule has 1 aliphatic heterocycles. The highest BCUT2D eigenvalue weighted by molar-refractivity contribution is 6.35. The molecule has 33 heavy (non-hydrogen) atoms. The summed E-state index contributed by atoms with van der Waals surface area (Å²) in [7, 11) is 0. The molecular formula is C25H30Cl2N4O2. The minimum Gasteiger partial charge on any atom is -0.379 e. The number of imidazole rings is 1. The van der Waals surface area contributed by atoms with Gasteiger partial charge in [-0.05, 0) is 36.2 Å². The average Bonchev–Trinajstić information content (AvgIpc) is 3.17. The van der Waals surface area contributed by atoms with Gasteiger partial charge in [0.1, 0.15) is 11.9 Å². The van der Waals surface area contributed by atoms with Gasteiger partial charge < -0.3 is 14.6 Å². The molecular weight excluding hydrogens is 459 g/mol. The second-order valence-electron chi connectivity index (χ2n) is 8.35. The predicted molar refractivity (Wildman–Crippen MR) is 133 cm³/mol. The summed E-state index contributed by atoms with van der Waals surface area (Å²) in [5.41, 5.74) is 2.76. The van der Waals surface area contributed by atoms with E-state index >= 15 is 0 Å². The molecule has 1 N–H and O–H groups in total. The molecule has 1 saturated heterocycles. The van der Waals surface area contributed by atoms with Crippen molar-refractivity contribution in [2.24, 2.45) is 0 Å². The Morgan fingerprint density at radius 3 is 2.73 bits per heavy atom. The molecule has 8 heteroatoms. The monoisotopic (exact) mass is 488 g/mol. The third kappa shape index (κ3) is 5.87. The van der Waals surface area contributed by atoms with Crippen molar-refractivity contribution in [3.05, 3.63) is 63.9 Å². The fraction of sp³-hybridized carbons (Fsp3) is 0.440. The smallest absolute Gasteiger partial charge is 0.243 e. The first kappa shape index (κ1) is 24.0. The zero-order valence-electron chi connectivity index (χ0n) is 18.9. The third-order valence-electron chi connectivity index (χ3n) is 6.04. The molecule has 0 radical (unpaired) electrons. The van der Waals surface area contributed by atoms with Crippen LogP contribution >= 0.6 is 23.2 Å². The molecule has 2 aromatic carbocycles. The Labute approximate surface area is 204 Å². The molecule has 1 aliphatic rings. The van der Waals surface area contributed by atoms with Crippen molar-refractivity contribution in [3.63, 3.8) is 0 Å². The summed E-state index contributed by atoms with van der Waals surface area (Å²) >= 11 is 12.5. The maximum Gasteiger partial charge on any atom is 0.243 e. The normalized spacial score (nSPS) is 15.6. The van der Waals surface area contributed by atoms with Gasteiger partial charge in [-0.1, -0.05) is 54.7 Å². The van der Waals surface area contributed by atoms with Crippen LogP contribution in [0.3, 0.4) is 0 Å². The van der Waals surface area contributed by atoms with Gasteiger partial charge >= 0.3 is 0 Å². The van der Waals surface area contributed by atoms with E-state index in [0.29, 0.717) is 23.0 Å². The lowest BCUT2D eigenvalue weighted by Gasteiger charge is -2.27. The molecule has 1 atom stereocenters. The zero-order valence-corrected chi connectivity index (χ0v) is 20.4. The number of benzene rings is 2. The Hall–Kier alpha value is -2.12. The lowest BCUT2D eigenvalue weighted by molar-refractivity contribution is -0.124. The summed E-state index contributed by atoms with van der Waals surface area (Å²) in [5, 5.41) is 4.36. The van der Waals surface area contributed by atoms with Crippen molar-refractivity contribution in [1.82, 2.24) is 19.8 Å². The number of nitrogens with zero attached hydrogens (tertiary/aromatic N) is 3. The van der Waals surface area contributed by atoms with Gasteiger partial charge in [-0.15, -0.1) is 0 Å². The molecule has 4 rings (SSSR count). The number of carbonyl (C=O) groups is 1. The standard InChI is InChI=1S/C25H30Cl2N4O2/c1-2-5-23(25(32)28-10-11-30-12-14-33-15-13-30)31-22-7-4-3-6-21(22)29-24(31)16-18-8-9-19(26)17-20(18)27/h3-4,6-9,17,23H,2,5,10-16H2,1H3,(H,28,32). The average molecular weight is 489 g/mol. The van der Waals surface area contributed by atoms with Crippen LogP contribution in [0.2, 0.25) is 10.0 Å². The van der Waals surface area contributed by atoms with Gasteiger partial charge in [0.25, 0.3) is 0 Å². The maximum atomic E-state index is 13.4. The Balaban J connectivity index is 1.59. The third-order valence-corrected chi connectivity index (χ3v) is 6.63. The molecule has 0 aliphatic carbocycles. The number of para-hydroxylation sites is 2. The van der Waals surface area contributed by atoms with Crippen LogP contribution in [0.25, 0.3) is 11.0 Å². The topological polar surface area (TPSA) is 59.4 Å². The minimum absolute atomic E-state index is 0.0247. The van der Waals surface area contributed by atoms with E-state index in [1.807, 2.05) is 36.4 Å². The van der Waals surface area contributed by atoms with E-state index in [9.17, 15) is 4.79 Å². The Morgan fingerprint density at radius 2 is 1.97 bits per heavy atom. The highest BCUT2D eigenvalue weighted by Gasteiger charge is 2.25. The molecule has 0 spiro atoms. The maximum absolute atomic E-state index is 13.4. The molecule has 1 fully saturated rings. The predicted octanol–water partition coefficient (Wildman–Crippen LogP) is 4.72. The van der Waals surface area contributed by atoms with Crippen LogP contribution in [-0.4, -0.2) is 59.8 Å². The number of halogens is 2. The number of carbonyl (C=O) groups excluding carboxylic acids is 1. The fourth-order valence-corrected chi connectivity index (χ4v) is 4.81. The molecule has 1 aromatic heterocycles. The van der Waals surface area contributed by atoms with Gasteiger partial charge in [0.2, 0.25) is 5.91 Å². The van der Waals surface area contributed by atoms with Crippen LogP contribution in [0.5, 0.6) is 0 Å². The van der Waals surface area contributed by atoms with E-state index in [1.165, 1.54) is 0 Å². The zero-order chi connectivity index (χ0) is 23.2. The van der Waals surface area contributed by atoms with Crippen LogP contribution in [0.15, 0.2) is 42.5 Å². The summed E-state index contributed by atoms with van der Waals surface area (Å²) in [6, 6.07) is 13.1. The van der Waals surface area contributed by atoms with Crippen molar-refractivity contribution < 1.29 is 9.53 Å². The van der Waals surface area contributed by atoms with Gasteiger partial charge in [-0.25, -0.2) is 4.98 Å². The first-order valence-corrected chi connectivity index (χ1v) is 12.3. The molecule has 0 saturated carbocycles. The minimum atomic E-state index is -0.340. The number of hydrogen-bond donors (Lipinski definition) is 1. The number of amides is 1. The summed E-state index contributed by atoms with van der Waals surface area (Å²) < 4.78 is 7.50. The van der Waals surface area contributed by atoms with E-state index in [4.69, 9.17) is 32.9 Å². The van der Waals surface area contributed by atoms with Crippen molar-refractivity contribution >= 4 is 40.1 Å². The van der Waals surface area contributed by atoms with Gasteiger partial charge in [0.15, 0.2) is 0 Å². The highest BCUT2D eigenvalue weighted by Crippen LogP contribution is 2.29. The van der Waals surface area contributed by atoms with Gasteiger partial charge in [-0.2, -0.15) is 0 Å². The fourth-order valence-electron chi connectivity index (χ4n) is 4.33. The first-order chi connectivity index (χ1) is 16.1. The van der Waals surface area contributed by atoms with E-state index in [-0.39, 0.29) is 11.9 Å². The quantitative estimate of drug-likeness (QED) is 0.473. The molecule has 2 heterocycles. The van der Waals surface area contributed by atoms with E-state index in [2.05, 4.69) is 21.7 Å².